The Bertz CT molecular complexity index is 776. The summed E-state index contributed by atoms with van der Waals surface area (Å²) in [6.45, 7) is 4.55. The van der Waals surface area contributed by atoms with E-state index in [-0.39, 0.29) is 0 Å². The van der Waals surface area contributed by atoms with Gasteiger partial charge in [0, 0.05) is 12.2 Å². The van der Waals surface area contributed by atoms with Crippen molar-refractivity contribution in [3.63, 3.8) is 0 Å². The molecule has 0 atom stereocenters. The van der Waals surface area contributed by atoms with Crippen molar-refractivity contribution < 1.29 is 19.8 Å². The molecule has 0 aliphatic heterocycles. The first-order valence-corrected chi connectivity index (χ1v) is 20.0. The third kappa shape index (κ3) is 50.2. The van der Waals surface area contributed by atoms with Crippen molar-refractivity contribution in [3.8, 4) is 0 Å². The minimum absolute atomic E-state index is 0.907. The van der Waals surface area contributed by atoms with E-state index in [1.165, 1.54) is 179 Å². The zero-order valence-electron chi connectivity index (χ0n) is 31.4. The minimum Gasteiger partial charge on any atom is -0.478 e. The second-order valence-electron chi connectivity index (χ2n) is 13.1. The zero-order valence-corrected chi connectivity index (χ0v) is 31.4. The number of carboxylic acid groups (broad SMARTS) is 2. The van der Waals surface area contributed by atoms with Crippen molar-refractivity contribution >= 4 is 11.9 Å². The first-order valence-electron chi connectivity index (χ1n) is 20.0. The summed E-state index contributed by atoms with van der Waals surface area (Å²) in [5.41, 5.74) is 0. The van der Waals surface area contributed by atoms with Gasteiger partial charge in [0.15, 0.2) is 0 Å². The number of hydrogen-bond donors (Lipinski definition) is 2. The van der Waals surface area contributed by atoms with Gasteiger partial charge in [0.05, 0.1) is 0 Å². The highest BCUT2D eigenvalue weighted by molar-refractivity contribution is 5.80. The van der Waals surface area contributed by atoms with Gasteiger partial charge in [-0.3, -0.25) is 0 Å². The van der Waals surface area contributed by atoms with Crippen LogP contribution in [0.3, 0.4) is 0 Å². The Morgan fingerprint density at radius 3 is 0.812 bits per heavy atom. The number of unbranched alkanes of at least 4 members (excludes halogenated alkanes) is 26. The van der Waals surface area contributed by atoms with Crippen LogP contribution in [0.25, 0.3) is 0 Å². The molecule has 4 nitrogen and oxygen atoms in total. The third-order valence-corrected chi connectivity index (χ3v) is 8.37. The van der Waals surface area contributed by atoms with Crippen molar-refractivity contribution in [2.75, 3.05) is 0 Å². The Kier molecular flexibility index (Phi) is 43.9. The summed E-state index contributed by atoms with van der Waals surface area (Å²) in [6.07, 6.45) is 59.3. The number of allylic oxidation sites excluding steroid dienone is 10. The molecule has 0 unspecified atom stereocenters. The minimum atomic E-state index is -0.907. The van der Waals surface area contributed by atoms with Gasteiger partial charge >= 0.3 is 11.9 Å². The average Bonchev–Trinajstić information content (AvgIpc) is 3.07. The summed E-state index contributed by atoms with van der Waals surface area (Å²) in [4.78, 5) is 20.5. The average molecular weight is 669 g/mol. The van der Waals surface area contributed by atoms with Gasteiger partial charge in [-0.05, 0) is 25.7 Å². The number of rotatable bonds is 34. The monoisotopic (exact) mass is 669 g/mol. The van der Waals surface area contributed by atoms with E-state index in [9.17, 15) is 9.59 Å². The molecule has 0 fully saturated rings. The molecule has 0 heterocycles. The lowest BCUT2D eigenvalue weighted by molar-refractivity contribution is -0.132. The molecule has 0 aliphatic carbocycles. The van der Waals surface area contributed by atoms with E-state index in [0.29, 0.717) is 0 Å². The van der Waals surface area contributed by atoms with Crippen molar-refractivity contribution in [1.82, 2.24) is 0 Å². The fourth-order valence-electron chi connectivity index (χ4n) is 5.44. The molecule has 0 radical (unpaired) electrons. The largest absolute Gasteiger partial charge is 0.478 e. The molecule has 0 bridgehead atoms. The summed E-state index contributed by atoms with van der Waals surface area (Å²) in [5.74, 6) is -1.81. The van der Waals surface area contributed by atoms with Gasteiger partial charge in [-0.25, -0.2) is 9.59 Å². The van der Waals surface area contributed by atoms with E-state index >= 15 is 0 Å². The highest BCUT2D eigenvalue weighted by Crippen LogP contribution is 2.14. The predicted octanol–water partition coefficient (Wildman–Crippen LogP) is 14.4. The Morgan fingerprint density at radius 1 is 0.333 bits per heavy atom. The highest BCUT2D eigenvalue weighted by atomic mass is 16.4. The van der Waals surface area contributed by atoms with Crippen LogP contribution in [0.5, 0.6) is 0 Å². The van der Waals surface area contributed by atoms with Crippen LogP contribution in [-0.2, 0) is 9.59 Å². The van der Waals surface area contributed by atoms with Crippen LogP contribution >= 0.6 is 0 Å². The van der Waals surface area contributed by atoms with Gasteiger partial charge < -0.3 is 10.2 Å². The van der Waals surface area contributed by atoms with Crippen LogP contribution in [0.15, 0.2) is 72.9 Å². The van der Waals surface area contributed by atoms with Crippen LogP contribution in [0, 0.1) is 0 Å². The molecule has 48 heavy (non-hydrogen) atoms. The summed E-state index contributed by atoms with van der Waals surface area (Å²) in [6, 6.07) is 0. The summed E-state index contributed by atoms with van der Waals surface area (Å²) in [5, 5.41) is 16.8. The van der Waals surface area contributed by atoms with E-state index < -0.39 is 11.9 Å². The molecule has 0 aromatic carbocycles. The van der Waals surface area contributed by atoms with Gasteiger partial charge in [0.2, 0.25) is 0 Å². The Morgan fingerprint density at radius 2 is 0.562 bits per heavy atom. The smallest absolute Gasteiger partial charge is 0.328 e. The SMILES string of the molecule is CCCCCCCCCCCCCCCC=CC=CC=CC(=O)O.CCCCCCCCCCCCCCCC=CC=CC=CC(=O)O. The molecule has 0 saturated heterocycles. The Labute approximate surface area is 297 Å². The highest BCUT2D eigenvalue weighted by Gasteiger charge is 1.94. The van der Waals surface area contributed by atoms with Crippen LogP contribution in [-0.4, -0.2) is 22.2 Å². The normalized spacial score (nSPS) is 12.0. The van der Waals surface area contributed by atoms with Crippen molar-refractivity contribution in [2.24, 2.45) is 0 Å². The third-order valence-electron chi connectivity index (χ3n) is 8.37. The van der Waals surface area contributed by atoms with Crippen molar-refractivity contribution in [3.05, 3.63) is 72.9 Å². The second kappa shape index (κ2) is 44.4. The zero-order chi connectivity index (χ0) is 35.4. The van der Waals surface area contributed by atoms with E-state index in [1.54, 1.807) is 12.2 Å². The van der Waals surface area contributed by atoms with Gasteiger partial charge in [0.1, 0.15) is 0 Å². The van der Waals surface area contributed by atoms with Crippen LogP contribution in [0.4, 0.5) is 0 Å². The number of carboxylic acids is 2. The standard InChI is InChI=1S/2C22H38O2/c2*1-2-3-4-5-6-7-8-9-10-11-12-13-14-15-16-17-18-19-20-21-22(23)24/h2*16-21H,2-15H2,1H3,(H,23,24). The van der Waals surface area contributed by atoms with Crippen molar-refractivity contribution in [2.45, 2.75) is 194 Å². The maximum Gasteiger partial charge on any atom is 0.328 e. The molecular weight excluding hydrogens is 592 g/mol. The van der Waals surface area contributed by atoms with Gasteiger partial charge in [-0.2, -0.15) is 0 Å². The molecular formula is C44H76O4. The van der Waals surface area contributed by atoms with Crippen LogP contribution < -0.4 is 0 Å². The summed E-state index contributed by atoms with van der Waals surface area (Å²) < 4.78 is 0. The van der Waals surface area contributed by atoms with E-state index in [1.807, 2.05) is 24.3 Å². The van der Waals surface area contributed by atoms with E-state index in [4.69, 9.17) is 10.2 Å². The molecule has 0 aromatic rings. The quantitative estimate of drug-likeness (QED) is 0.0406. The van der Waals surface area contributed by atoms with Crippen molar-refractivity contribution in [1.29, 1.82) is 0 Å². The van der Waals surface area contributed by atoms with Crippen LogP contribution in [0.2, 0.25) is 0 Å². The van der Waals surface area contributed by atoms with Gasteiger partial charge in [-0.1, -0.05) is 229 Å². The molecule has 0 saturated carbocycles. The predicted molar refractivity (Wildman–Crippen MR) is 211 cm³/mol. The summed E-state index contributed by atoms with van der Waals surface area (Å²) in [7, 11) is 0. The molecule has 0 aliphatic rings. The lowest BCUT2D eigenvalue weighted by Crippen LogP contribution is -1.84. The number of aliphatic carboxylic acids is 2. The number of carbonyl (C=O) groups is 2. The molecule has 0 aromatic heterocycles. The molecule has 276 valence electrons. The maximum atomic E-state index is 10.2. The Balaban J connectivity index is 0. The van der Waals surface area contributed by atoms with Gasteiger partial charge in [0.25, 0.3) is 0 Å². The molecule has 2 N–H and O–H groups in total. The molecule has 0 spiro atoms. The molecule has 0 amide bonds. The maximum absolute atomic E-state index is 10.2. The lowest BCUT2D eigenvalue weighted by atomic mass is 10.0. The van der Waals surface area contributed by atoms with E-state index in [2.05, 4.69) is 26.0 Å². The van der Waals surface area contributed by atoms with Gasteiger partial charge in [-0.15, -0.1) is 0 Å². The summed E-state index contributed by atoms with van der Waals surface area (Å²) >= 11 is 0. The van der Waals surface area contributed by atoms with E-state index in [0.717, 1.165) is 25.0 Å². The number of hydrogen-bond acceptors (Lipinski definition) is 2. The first-order chi connectivity index (χ1) is 23.5. The molecule has 0 rings (SSSR count). The fraction of sp³-hybridized carbons (Fsp3) is 0.682. The topological polar surface area (TPSA) is 74.6 Å². The molecule has 4 heteroatoms. The lowest BCUT2D eigenvalue weighted by Gasteiger charge is -2.02. The first kappa shape index (κ1) is 47.5. The second-order valence-corrected chi connectivity index (χ2v) is 13.1. The van der Waals surface area contributed by atoms with Crippen LogP contribution in [0.1, 0.15) is 194 Å². The Hall–Kier alpha value is -2.62. The fourth-order valence-corrected chi connectivity index (χ4v) is 5.44.